The highest BCUT2D eigenvalue weighted by molar-refractivity contribution is 7.32. The number of rotatable bonds is 8. The Morgan fingerprint density at radius 2 is 2.12 bits per heavy atom. The summed E-state index contributed by atoms with van der Waals surface area (Å²) in [6.07, 6.45) is -3.39. The number of ether oxygens (including phenoxy) is 3. The van der Waals surface area contributed by atoms with Gasteiger partial charge in [0.2, 0.25) is 0 Å². The van der Waals surface area contributed by atoms with E-state index in [9.17, 15) is 19.3 Å². The summed E-state index contributed by atoms with van der Waals surface area (Å²) in [5, 5.41) is 9.53. The van der Waals surface area contributed by atoms with E-state index in [1.165, 1.54) is 20.2 Å². The van der Waals surface area contributed by atoms with Crippen LogP contribution in [0.3, 0.4) is 0 Å². The zero-order chi connectivity index (χ0) is 19.4. The van der Waals surface area contributed by atoms with Gasteiger partial charge in [-0.2, -0.15) is 0 Å². The van der Waals surface area contributed by atoms with Gasteiger partial charge in [-0.05, 0) is 13.8 Å². The Balaban J connectivity index is 2.44. The van der Waals surface area contributed by atoms with Crippen LogP contribution in [0.25, 0.3) is 0 Å². The lowest BCUT2D eigenvalue weighted by Crippen LogP contribution is -2.42. The number of nitrogens with one attached hydrogen (secondary N) is 1. The highest BCUT2D eigenvalue weighted by Gasteiger charge is 2.52. The maximum Gasteiger partial charge on any atom is 0.695 e. The Morgan fingerprint density at radius 3 is 2.69 bits per heavy atom. The smallest absolute Gasteiger partial charge is 0.394 e. The zero-order valence-electron chi connectivity index (χ0n) is 14.5. The van der Waals surface area contributed by atoms with E-state index in [2.05, 4.69) is 4.98 Å². The summed E-state index contributed by atoms with van der Waals surface area (Å²) in [5.74, 6) is 0. The van der Waals surface area contributed by atoms with Crippen LogP contribution in [0.1, 0.15) is 18.7 Å². The molecule has 12 heteroatoms. The van der Waals surface area contributed by atoms with Crippen LogP contribution in [-0.4, -0.2) is 64.3 Å². The first-order chi connectivity index (χ1) is 12.3. The molecule has 1 aromatic rings. The maximum atomic E-state index is 12.2. The molecule has 0 spiro atoms. The molecule has 1 aliphatic heterocycles. The van der Waals surface area contributed by atoms with Gasteiger partial charge < -0.3 is 19.3 Å². The minimum Gasteiger partial charge on any atom is -0.394 e. The Kier molecular flexibility index (Phi) is 7.18. The molecular weight excluding hydrogens is 371 g/mol. The molecule has 1 aromatic heterocycles. The van der Waals surface area contributed by atoms with Crippen molar-refractivity contribution in [1.82, 2.24) is 9.55 Å². The van der Waals surface area contributed by atoms with Crippen molar-refractivity contribution in [2.75, 3.05) is 20.3 Å². The van der Waals surface area contributed by atoms with Gasteiger partial charge in [0, 0.05) is 23.4 Å². The molecule has 0 aromatic carbocycles. The first-order valence-electron chi connectivity index (χ1n) is 7.84. The number of aromatic nitrogens is 2. The van der Waals surface area contributed by atoms with Crippen LogP contribution in [0, 0.1) is 6.92 Å². The SMILES string of the molecule is COC[C@H](C)O[C@H]1C(O[P+](=O)O)[C@@H](CO)O[C@H]1n1cc(C)c(=O)[nH]c1=O. The number of aromatic amines is 1. The van der Waals surface area contributed by atoms with Crippen LogP contribution < -0.4 is 11.2 Å². The molecule has 146 valence electrons. The molecule has 3 N–H and O–H groups in total. The van der Waals surface area contributed by atoms with E-state index in [0.717, 1.165) is 4.57 Å². The van der Waals surface area contributed by atoms with E-state index in [4.69, 9.17) is 23.6 Å². The van der Waals surface area contributed by atoms with Gasteiger partial charge in [-0.15, -0.1) is 9.42 Å². The van der Waals surface area contributed by atoms with Gasteiger partial charge in [0.25, 0.3) is 5.56 Å². The highest BCUT2D eigenvalue weighted by Crippen LogP contribution is 2.37. The summed E-state index contributed by atoms with van der Waals surface area (Å²) in [6, 6.07) is 0. The Bertz CT molecular complexity index is 749. The predicted octanol–water partition coefficient (Wildman–Crippen LogP) is -0.810. The molecule has 0 saturated carbocycles. The van der Waals surface area contributed by atoms with Crippen LogP contribution in [0.2, 0.25) is 0 Å². The summed E-state index contributed by atoms with van der Waals surface area (Å²) in [5.41, 5.74) is -1.03. The highest BCUT2D eigenvalue weighted by atomic mass is 31.1. The van der Waals surface area contributed by atoms with E-state index >= 15 is 0 Å². The Hall–Kier alpha value is -1.46. The summed E-state index contributed by atoms with van der Waals surface area (Å²) in [7, 11) is -1.53. The number of methoxy groups -OCH3 is 1. The lowest BCUT2D eigenvalue weighted by Gasteiger charge is -2.25. The first kappa shape index (κ1) is 20.8. The van der Waals surface area contributed by atoms with Gasteiger partial charge >= 0.3 is 13.9 Å². The van der Waals surface area contributed by atoms with E-state index in [0.29, 0.717) is 0 Å². The first-order valence-corrected chi connectivity index (χ1v) is 8.97. The largest absolute Gasteiger partial charge is 0.695 e. The van der Waals surface area contributed by atoms with E-state index in [1.807, 2.05) is 0 Å². The topological polar surface area (TPSA) is 149 Å². The monoisotopic (exact) mass is 393 g/mol. The molecule has 0 radical (unpaired) electrons. The molecule has 2 heterocycles. The zero-order valence-corrected chi connectivity index (χ0v) is 15.4. The number of H-pyrrole nitrogens is 1. The molecule has 1 saturated heterocycles. The minimum absolute atomic E-state index is 0.213. The third-order valence-electron chi connectivity index (χ3n) is 3.89. The fourth-order valence-electron chi connectivity index (χ4n) is 2.77. The lowest BCUT2D eigenvalue weighted by atomic mass is 10.1. The van der Waals surface area contributed by atoms with Gasteiger partial charge in [0.05, 0.1) is 19.3 Å². The number of aliphatic hydroxyl groups is 1. The number of aliphatic hydroxyl groups excluding tert-OH is 1. The molecular formula is C14H22N2O9P+. The fourth-order valence-corrected chi connectivity index (χ4v) is 3.24. The third-order valence-corrected chi connectivity index (χ3v) is 4.31. The summed E-state index contributed by atoms with van der Waals surface area (Å²) in [4.78, 5) is 35.1. The molecule has 0 bridgehead atoms. The van der Waals surface area contributed by atoms with Crippen molar-refractivity contribution in [1.29, 1.82) is 0 Å². The molecule has 6 atom stereocenters. The quantitative estimate of drug-likeness (QED) is 0.482. The van der Waals surface area contributed by atoms with Crippen molar-refractivity contribution in [3.05, 3.63) is 32.6 Å². The van der Waals surface area contributed by atoms with Crippen LogP contribution >= 0.6 is 8.25 Å². The summed E-state index contributed by atoms with van der Waals surface area (Å²) in [6.45, 7) is 2.89. The van der Waals surface area contributed by atoms with Crippen LogP contribution in [0.5, 0.6) is 0 Å². The van der Waals surface area contributed by atoms with Crippen LogP contribution in [0.4, 0.5) is 0 Å². The molecule has 26 heavy (non-hydrogen) atoms. The molecule has 2 unspecified atom stereocenters. The van der Waals surface area contributed by atoms with E-state index in [-0.39, 0.29) is 12.2 Å². The van der Waals surface area contributed by atoms with Crippen LogP contribution in [-0.2, 0) is 23.3 Å². The van der Waals surface area contributed by atoms with Gasteiger partial charge in [-0.1, -0.05) is 0 Å². The minimum atomic E-state index is -3.01. The average Bonchev–Trinajstić information content (AvgIpc) is 2.88. The average molecular weight is 393 g/mol. The predicted molar refractivity (Wildman–Crippen MR) is 88.0 cm³/mol. The second-order valence-electron chi connectivity index (χ2n) is 5.90. The second kappa shape index (κ2) is 8.96. The number of aryl methyl sites for hydroxylation is 1. The Morgan fingerprint density at radius 1 is 1.42 bits per heavy atom. The van der Waals surface area contributed by atoms with Gasteiger partial charge in [0.1, 0.15) is 12.2 Å². The molecule has 1 fully saturated rings. The molecule has 0 aliphatic carbocycles. The lowest BCUT2D eigenvalue weighted by molar-refractivity contribution is -0.109. The normalized spacial score (nSPS) is 27.5. The van der Waals surface area contributed by atoms with Gasteiger partial charge in [-0.25, -0.2) is 4.79 Å². The molecule has 11 nitrogen and oxygen atoms in total. The third kappa shape index (κ3) is 4.63. The van der Waals surface area contributed by atoms with Crippen molar-refractivity contribution in [2.45, 2.75) is 44.5 Å². The second-order valence-corrected chi connectivity index (χ2v) is 6.59. The fraction of sp³-hybridized carbons (Fsp3) is 0.714. The molecule has 2 rings (SSSR count). The number of nitrogens with zero attached hydrogens (tertiary/aromatic N) is 1. The standard InChI is InChI=1S/C14H21N2O9P/c1-7-4-16(14(19)15-12(7)18)13-11(23-8(2)6-22-3)10(25-26(20)21)9(5-17)24-13/h4,8-11,13,17H,5-6H2,1-3H3,(H-,15,18,19,20,21)/p+1/t8-,9+,10?,11-,13+/m0/s1. The molecule has 1 aliphatic rings. The summed E-state index contributed by atoms with van der Waals surface area (Å²) >= 11 is 0. The Labute approximate surface area is 149 Å². The molecule has 0 amide bonds. The van der Waals surface area contributed by atoms with Gasteiger partial charge in [-0.3, -0.25) is 14.3 Å². The van der Waals surface area contributed by atoms with Crippen molar-refractivity contribution in [2.24, 2.45) is 0 Å². The number of hydrogen-bond acceptors (Lipinski definition) is 8. The maximum absolute atomic E-state index is 12.2. The van der Waals surface area contributed by atoms with Crippen molar-refractivity contribution in [3.8, 4) is 0 Å². The van der Waals surface area contributed by atoms with Crippen molar-refractivity contribution >= 4 is 8.25 Å². The summed E-state index contributed by atoms with van der Waals surface area (Å²) < 4.78 is 33.7. The van der Waals surface area contributed by atoms with Crippen LogP contribution in [0.15, 0.2) is 15.8 Å². The van der Waals surface area contributed by atoms with E-state index in [1.54, 1.807) is 6.92 Å². The van der Waals surface area contributed by atoms with Crippen molar-refractivity contribution in [3.63, 3.8) is 0 Å². The van der Waals surface area contributed by atoms with E-state index < -0.39 is 56.8 Å². The number of hydrogen-bond donors (Lipinski definition) is 3. The van der Waals surface area contributed by atoms with Gasteiger partial charge in [0.15, 0.2) is 12.3 Å². The van der Waals surface area contributed by atoms with Crippen molar-refractivity contribution < 1.29 is 33.3 Å².